The van der Waals surface area contributed by atoms with Crippen molar-refractivity contribution < 1.29 is 9.59 Å². The van der Waals surface area contributed by atoms with Crippen LogP contribution < -0.4 is 5.32 Å². The highest BCUT2D eigenvalue weighted by atomic mass is 16.2. The number of aromatic nitrogens is 3. The van der Waals surface area contributed by atoms with Crippen LogP contribution in [0.25, 0.3) is 0 Å². The average Bonchev–Trinajstić information content (AvgIpc) is 3.00. The van der Waals surface area contributed by atoms with Crippen molar-refractivity contribution in [2.45, 2.75) is 65.1 Å². The van der Waals surface area contributed by atoms with Gasteiger partial charge in [-0.05, 0) is 32.6 Å². The molecule has 1 heterocycles. The van der Waals surface area contributed by atoms with Gasteiger partial charge in [-0.2, -0.15) is 5.10 Å². The molecular formula is C18H29N5O2. The highest BCUT2D eigenvalue weighted by molar-refractivity contribution is 5.81. The number of rotatable bonds is 7. The first-order valence-electron chi connectivity index (χ1n) is 8.83. The minimum absolute atomic E-state index is 0.0394. The molecule has 1 saturated carbocycles. The summed E-state index contributed by atoms with van der Waals surface area (Å²) in [6.07, 6.45) is 6.99. The summed E-state index contributed by atoms with van der Waals surface area (Å²) in [5.41, 5.74) is 1.15. The maximum Gasteiger partial charge on any atom is 0.245 e. The third-order valence-electron chi connectivity index (χ3n) is 4.71. The molecule has 1 aromatic heterocycles. The van der Waals surface area contributed by atoms with Gasteiger partial charge in [0.1, 0.15) is 18.7 Å². The third-order valence-corrected chi connectivity index (χ3v) is 4.71. The van der Waals surface area contributed by atoms with Crippen LogP contribution >= 0.6 is 0 Å². The summed E-state index contributed by atoms with van der Waals surface area (Å²) in [6, 6.07) is -0.0493. The van der Waals surface area contributed by atoms with E-state index in [0.717, 1.165) is 18.4 Å². The summed E-state index contributed by atoms with van der Waals surface area (Å²) in [4.78, 5) is 30.5. The highest BCUT2D eigenvalue weighted by Gasteiger charge is 2.36. The Balaban J connectivity index is 1.83. The van der Waals surface area contributed by atoms with Gasteiger partial charge in [0.25, 0.3) is 0 Å². The van der Waals surface area contributed by atoms with Crippen LogP contribution in [0.1, 0.15) is 53.0 Å². The lowest BCUT2D eigenvalue weighted by Crippen LogP contribution is -2.55. The van der Waals surface area contributed by atoms with Crippen LogP contribution in [0.2, 0.25) is 0 Å². The van der Waals surface area contributed by atoms with Crippen molar-refractivity contribution in [3.63, 3.8) is 0 Å². The number of amides is 2. The van der Waals surface area contributed by atoms with Gasteiger partial charge in [0.15, 0.2) is 0 Å². The number of carbonyl (C=O) groups is 2. The average molecular weight is 347 g/mol. The van der Waals surface area contributed by atoms with Crippen molar-refractivity contribution in [1.29, 1.82) is 0 Å². The predicted molar refractivity (Wildman–Crippen MR) is 95.7 cm³/mol. The smallest absolute Gasteiger partial charge is 0.245 e. The summed E-state index contributed by atoms with van der Waals surface area (Å²) in [7, 11) is 1.84. The quantitative estimate of drug-likeness (QED) is 0.765. The number of hydrogen-bond donors (Lipinski definition) is 1. The van der Waals surface area contributed by atoms with Gasteiger partial charge in [-0.15, -0.1) is 0 Å². The standard InChI is InChI=1S/C18H29N5O2/c1-12(2)6-7-16(24)22(5)15-8-14(9-15)21-18(25)17(13(3)4)23-11-19-10-20-23/h6,10-11,13-15,17H,7-9H2,1-5H3,(H,21,25). The molecule has 0 spiro atoms. The molecule has 1 atom stereocenters. The fourth-order valence-electron chi connectivity index (χ4n) is 3.04. The second-order valence-corrected chi connectivity index (χ2v) is 7.39. The van der Waals surface area contributed by atoms with E-state index < -0.39 is 0 Å². The Hall–Kier alpha value is -2.18. The molecule has 138 valence electrons. The minimum Gasteiger partial charge on any atom is -0.351 e. The van der Waals surface area contributed by atoms with Crippen molar-refractivity contribution in [2.24, 2.45) is 5.92 Å². The first-order chi connectivity index (χ1) is 11.8. The van der Waals surface area contributed by atoms with E-state index in [0.29, 0.717) is 6.42 Å². The van der Waals surface area contributed by atoms with Gasteiger partial charge < -0.3 is 10.2 Å². The molecule has 0 saturated heterocycles. The van der Waals surface area contributed by atoms with Crippen LogP contribution in [0.3, 0.4) is 0 Å². The van der Waals surface area contributed by atoms with E-state index in [4.69, 9.17) is 0 Å². The molecule has 7 heteroatoms. The van der Waals surface area contributed by atoms with Crippen molar-refractivity contribution in [3.8, 4) is 0 Å². The number of carbonyl (C=O) groups excluding carboxylic acids is 2. The zero-order chi connectivity index (χ0) is 18.6. The second-order valence-electron chi connectivity index (χ2n) is 7.39. The van der Waals surface area contributed by atoms with Gasteiger partial charge in [-0.25, -0.2) is 9.67 Å². The van der Waals surface area contributed by atoms with E-state index in [9.17, 15) is 9.59 Å². The Labute approximate surface area is 149 Å². The topological polar surface area (TPSA) is 80.1 Å². The van der Waals surface area contributed by atoms with Gasteiger partial charge in [0, 0.05) is 25.6 Å². The second kappa shape index (κ2) is 8.27. The summed E-state index contributed by atoms with van der Waals surface area (Å²) in [5.74, 6) is 0.201. The molecule has 25 heavy (non-hydrogen) atoms. The molecule has 1 aromatic rings. The van der Waals surface area contributed by atoms with Crippen LogP contribution in [-0.4, -0.2) is 50.6 Å². The molecular weight excluding hydrogens is 318 g/mol. The Kier molecular flexibility index (Phi) is 6.33. The summed E-state index contributed by atoms with van der Waals surface area (Å²) >= 11 is 0. The van der Waals surface area contributed by atoms with Crippen LogP contribution in [-0.2, 0) is 9.59 Å². The van der Waals surface area contributed by atoms with Gasteiger partial charge >= 0.3 is 0 Å². The van der Waals surface area contributed by atoms with Crippen molar-refractivity contribution in [2.75, 3.05) is 7.05 Å². The van der Waals surface area contributed by atoms with Gasteiger partial charge in [0.05, 0.1) is 0 Å². The SMILES string of the molecule is CC(C)=CCC(=O)N(C)C1CC(NC(=O)C(C(C)C)n2cncn2)C1. The van der Waals surface area contributed by atoms with Gasteiger partial charge in [-0.3, -0.25) is 9.59 Å². The summed E-state index contributed by atoms with van der Waals surface area (Å²) < 4.78 is 1.60. The largest absolute Gasteiger partial charge is 0.351 e. The number of allylic oxidation sites excluding steroid dienone is 1. The lowest BCUT2D eigenvalue weighted by molar-refractivity contribution is -0.133. The molecule has 0 aliphatic heterocycles. The predicted octanol–water partition coefficient (Wildman–Crippen LogP) is 1.94. The summed E-state index contributed by atoms with van der Waals surface area (Å²) in [5, 5.41) is 7.18. The number of nitrogens with zero attached hydrogens (tertiary/aromatic N) is 4. The van der Waals surface area contributed by atoms with Crippen molar-refractivity contribution >= 4 is 11.8 Å². The molecule has 0 bridgehead atoms. The first kappa shape index (κ1) is 19.1. The van der Waals surface area contributed by atoms with E-state index in [1.165, 1.54) is 6.33 Å². The molecule has 2 amide bonds. The van der Waals surface area contributed by atoms with E-state index in [1.54, 1.807) is 15.9 Å². The monoisotopic (exact) mass is 347 g/mol. The van der Waals surface area contributed by atoms with Crippen LogP contribution in [0.4, 0.5) is 0 Å². The summed E-state index contributed by atoms with van der Waals surface area (Å²) in [6.45, 7) is 7.96. The molecule has 7 nitrogen and oxygen atoms in total. The van der Waals surface area contributed by atoms with Crippen molar-refractivity contribution in [3.05, 3.63) is 24.3 Å². The molecule has 0 radical (unpaired) electrons. The van der Waals surface area contributed by atoms with Gasteiger partial charge in [-0.1, -0.05) is 25.5 Å². The minimum atomic E-state index is -0.362. The molecule has 1 aliphatic rings. The van der Waals surface area contributed by atoms with E-state index in [-0.39, 0.29) is 35.9 Å². The van der Waals surface area contributed by atoms with Crippen LogP contribution in [0.5, 0.6) is 0 Å². The lowest BCUT2D eigenvalue weighted by atomic mass is 9.85. The van der Waals surface area contributed by atoms with Gasteiger partial charge in [0.2, 0.25) is 11.8 Å². The zero-order valence-corrected chi connectivity index (χ0v) is 15.8. The van der Waals surface area contributed by atoms with Crippen LogP contribution in [0, 0.1) is 5.92 Å². The Morgan fingerprint density at radius 1 is 1.36 bits per heavy atom. The molecule has 2 rings (SSSR count). The molecule has 1 aliphatic carbocycles. The normalized spacial score (nSPS) is 20.6. The molecule has 0 aromatic carbocycles. The fraction of sp³-hybridized carbons (Fsp3) is 0.667. The number of nitrogens with one attached hydrogen (secondary N) is 1. The highest BCUT2D eigenvalue weighted by Crippen LogP contribution is 2.27. The number of hydrogen-bond acceptors (Lipinski definition) is 4. The molecule has 1 fully saturated rings. The first-order valence-corrected chi connectivity index (χ1v) is 8.83. The lowest BCUT2D eigenvalue weighted by Gasteiger charge is -2.42. The third kappa shape index (κ3) is 4.90. The Morgan fingerprint density at radius 2 is 2.04 bits per heavy atom. The van der Waals surface area contributed by atoms with E-state index >= 15 is 0 Å². The Morgan fingerprint density at radius 3 is 2.56 bits per heavy atom. The molecule has 1 unspecified atom stereocenters. The van der Waals surface area contributed by atoms with Crippen molar-refractivity contribution in [1.82, 2.24) is 25.0 Å². The van der Waals surface area contributed by atoms with E-state index in [2.05, 4.69) is 15.4 Å². The van der Waals surface area contributed by atoms with E-state index in [1.807, 2.05) is 40.8 Å². The fourth-order valence-corrected chi connectivity index (χ4v) is 3.04. The Bertz CT molecular complexity index is 613. The maximum atomic E-state index is 12.6. The maximum absolute atomic E-state index is 12.6. The zero-order valence-electron chi connectivity index (χ0n) is 15.8. The van der Waals surface area contributed by atoms with Crippen LogP contribution in [0.15, 0.2) is 24.3 Å². The molecule has 1 N–H and O–H groups in total.